The molecular weight excluding hydrogens is 288 g/mol. The molecule has 1 unspecified atom stereocenters. The van der Waals surface area contributed by atoms with Gasteiger partial charge in [0, 0.05) is 26.3 Å². The van der Waals surface area contributed by atoms with Crippen molar-refractivity contribution in [1.29, 1.82) is 0 Å². The van der Waals surface area contributed by atoms with Crippen molar-refractivity contribution in [2.24, 2.45) is 5.92 Å². The van der Waals surface area contributed by atoms with Crippen molar-refractivity contribution >= 4 is 34.6 Å². The molecule has 0 aliphatic rings. The summed E-state index contributed by atoms with van der Waals surface area (Å²) in [5.41, 5.74) is 1.85. The van der Waals surface area contributed by atoms with Gasteiger partial charge in [-0.3, -0.25) is 9.59 Å². The number of nitrogens with one attached hydrogen (secondary N) is 3. The van der Waals surface area contributed by atoms with E-state index < -0.39 is 0 Å². The molecule has 2 aromatic rings. The summed E-state index contributed by atoms with van der Waals surface area (Å²) in [5, 5.41) is 5.89. The maximum absolute atomic E-state index is 11.8. The molecule has 0 saturated heterocycles. The zero-order valence-electron chi connectivity index (χ0n) is 12.0. The molecule has 21 heavy (non-hydrogen) atoms. The maximum Gasteiger partial charge on any atom is 0.224 e. The third-order valence-corrected chi connectivity index (χ3v) is 4.15. The Morgan fingerprint density at radius 2 is 2.05 bits per heavy atom. The van der Waals surface area contributed by atoms with Crippen LogP contribution in [0.1, 0.15) is 6.42 Å². The number of fused-ring (bicyclic) bond motifs is 1. The van der Waals surface area contributed by atoms with Gasteiger partial charge in [-0.15, -0.1) is 0 Å². The lowest BCUT2D eigenvalue weighted by Gasteiger charge is -2.13. The van der Waals surface area contributed by atoms with Gasteiger partial charge in [-0.1, -0.05) is 23.9 Å². The summed E-state index contributed by atoms with van der Waals surface area (Å²) in [5.74, 6) is -0.170. The quantitative estimate of drug-likeness (QED) is 0.699. The second-order valence-electron chi connectivity index (χ2n) is 4.56. The van der Waals surface area contributed by atoms with Crippen LogP contribution in [0.3, 0.4) is 0 Å². The van der Waals surface area contributed by atoms with Crippen molar-refractivity contribution in [1.82, 2.24) is 20.6 Å². The second-order valence-corrected chi connectivity index (χ2v) is 5.57. The molecule has 7 heteroatoms. The minimum absolute atomic E-state index is 0.137. The number of aromatic amines is 1. The summed E-state index contributed by atoms with van der Waals surface area (Å²) in [6.07, 6.45) is 0.170. The Morgan fingerprint density at radius 3 is 2.71 bits per heavy atom. The van der Waals surface area contributed by atoms with E-state index in [1.807, 2.05) is 24.3 Å². The fourth-order valence-electron chi connectivity index (χ4n) is 1.93. The van der Waals surface area contributed by atoms with E-state index in [2.05, 4.69) is 20.6 Å². The molecule has 1 heterocycles. The largest absolute Gasteiger partial charge is 0.359 e. The lowest BCUT2D eigenvalue weighted by atomic mass is 10.1. The summed E-state index contributed by atoms with van der Waals surface area (Å²) in [6.45, 7) is 0. The summed E-state index contributed by atoms with van der Waals surface area (Å²) in [4.78, 5) is 30.9. The van der Waals surface area contributed by atoms with Gasteiger partial charge < -0.3 is 15.6 Å². The standard InChI is InChI=1S/C14H18N4O2S/c1-15-12(19)7-9(13(20)16-2)8-21-14-17-10-5-3-4-6-11(10)18-14/h3-6,9H,7-8H2,1-2H3,(H,15,19)(H,16,20)(H,17,18). The molecule has 3 N–H and O–H groups in total. The van der Waals surface area contributed by atoms with Crippen LogP contribution in [0.25, 0.3) is 11.0 Å². The van der Waals surface area contributed by atoms with E-state index in [1.165, 1.54) is 11.8 Å². The van der Waals surface area contributed by atoms with Crippen LogP contribution in [0.15, 0.2) is 29.4 Å². The Balaban J connectivity index is 2.03. The molecule has 0 aliphatic carbocycles. The smallest absolute Gasteiger partial charge is 0.224 e. The Kier molecular flexibility index (Phi) is 5.21. The molecule has 2 rings (SSSR count). The monoisotopic (exact) mass is 306 g/mol. The van der Waals surface area contributed by atoms with Crippen LogP contribution in [0.2, 0.25) is 0 Å². The molecule has 2 amide bonds. The Bertz CT molecular complexity index is 608. The van der Waals surface area contributed by atoms with E-state index in [0.29, 0.717) is 5.75 Å². The number of rotatable bonds is 6. The molecule has 1 aromatic carbocycles. The van der Waals surface area contributed by atoms with E-state index in [-0.39, 0.29) is 24.2 Å². The van der Waals surface area contributed by atoms with Crippen molar-refractivity contribution in [3.05, 3.63) is 24.3 Å². The van der Waals surface area contributed by atoms with Crippen LogP contribution >= 0.6 is 11.8 Å². The number of H-pyrrole nitrogens is 1. The number of imidazole rings is 1. The number of hydrogen-bond acceptors (Lipinski definition) is 4. The third-order valence-electron chi connectivity index (χ3n) is 3.12. The third kappa shape index (κ3) is 3.98. The van der Waals surface area contributed by atoms with Gasteiger partial charge in [0.15, 0.2) is 5.16 Å². The Morgan fingerprint density at radius 1 is 1.29 bits per heavy atom. The lowest BCUT2D eigenvalue weighted by molar-refractivity contribution is -0.129. The SMILES string of the molecule is CNC(=O)CC(CSc1nc2ccccc2[nH]1)C(=O)NC. The van der Waals surface area contributed by atoms with E-state index in [4.69, 9.17) is 0 Å². The molecule has 1 aromatic heterocycles. The maximum atomic E-state index is 11.8. The van der Waals surface area contributed by atoms with Crippen LogP contribution in [-0.2, 0) is 9.59 Å². The first-order valence-electron chi connectivity index (χ1n) is 6.63. The van der Waals surface area contributed by atoms with Gasteiger partial charge in [-0.25, -0.2) is 4.98 Å². The first-order valence-corrected chi connectivity index (χ1v) is 7.62. The van der Waals surface area contributed by atoms with Gasteiger partial charge in [0.2, 0.25) is 11.8 Å². The van der Waals surface area contributed by atoms with Gasteiger partial charge in [-0.05, 0) is 12.1 Å². The normalized spacial score (nSPS) is 12.1. The predicted octanol–water partition coefficient (Wildman–Crippen LogP) is 1.15. The van der Waals surface area contributed by atoms with E-state index >= 15 is 0 Å². The van der Waals surface area contributed by atoms with E-state index in [0.717, 1.165) is 16.2 Å². The molecule has 0 fully saturated rings. The fourth-order valence-corrected chi connectivity index (χ4v) is 2.91. The van der Waals surface area contributed by atoms with Crippen molar-refractivity contribution < 1.29 is 9.59 Å². The zero-order chi connectivity index (χ0) is 15.2. The highest BCUT2D eigenvalue weighted by molar-refractivity contribution is 7.99. The molecule has 6 nitrogen and oxygen atoms in total. The fraction of sp³-hybridized carbons (Fsp3) is 0.357. The number of benzene rings is 1. The van der Waals surface area contributed by atoms with Crippen LogP contribution in [0, 0.1) is 5.92 Å². The summed E-state index contributed by atoms with van der Waals surface area (Å²) < 4.78 is 0. The van der Waals surface area contributed by atoms with Crippen molar-refractivity contribution in [3.63, 3.8) is 0 Å². The highest BCUT2D eigenvalue weighted by atomic mass is 32.2. The Labute approximate surface area is 127 Å². The molecule has 0 bridgehead atoms. The van der Waals surface area contributed by atoms with Crippen LogP contribution in [-0.4, -0.2) is 41.6 Å². The summed E-state index contributed by atoms with van der Waals surface area (Å²) in [6, 6.07) is 7.74. The molecule has 0 saturated carbocycles. The number of nitrogens with zero attached hydrogens (tertiary/aromatic N) is 1. The molecule has 112 valence electrons. The highest BCUT2D eigenvalue weighted by Gasteiger charge is 2.21. The number of hydrogen-bond donors (Lipinski definition) is 3. The number of para-hydroxylation sites is 2. The van der Waals surface area contributed by atoms with Gasteiger partial charge >= 0.3 is 0 Å². The van der Waals surface area contributed by atoms with Crippen LogP contribution < -0.4 is 10.6 Å². The van der Waals surface area contributed by atoms with Crippen molar-refractivity contribution in [2.75, 3.05) is 19.8 Å². The molecule has 0 spiro atoms. The van der Waals surface area contributed by atoms with Gasteiger partial charge in [0.25, 0.3) is 0 Å². The first kappa shape index (κ1) is 15.4. The molecule has 0 aliphatic heterocycles. The van der Waals surface area contributed by atoms with Gasteiger partial charge in [-0.2, -0.15) is 0 Å². The number of thioether (sulfide) groups is 1. The van der Waals surface area contributed by atoms with Gasteiger partial charge in [0.05, 0.1) is 17.0 Å². The summed E-state index contributed by atoms with van der Waals surface area (Å²) in [7, 11) is 3.14. The van der Waals surface area contributed by atoms with Gasteiger partial charge in [0.1, 0.15) is 0 Å². The lowest BCUT2D eigenvalue weighted by Crippen LogP contribution is -2.33. The average molecular weight is 306 g/mol. The number of amides is 2. The zero-order valence-corrected chi connectivity index (χ0v) is 12.8. The number of carbonyl (C=O) groups excluding carboxylic acids is 2. The van der Waals surface area contributed by atoms with Crippen molar-refractivity contribution in [3.8, 4) is 0 Å². The minimum atomic E-state index is -0.381. The van der Waals surface area contributed by atoms with Crippen molar-refractivity contribution in [2.45, 2.75) is 11.6 Å². The van der Waals surface area contributed by atoms with Crippen LogP contribution in [0.5, 0.6) is 0 Å². The molecular formula is C14H18N4O2S. The molecule has 1 atom stereocenters. The number of carbonyl (C=O) groups is 2. The summed E-state index contributed by atoms with van der Waals surface area (Å²) >= 11 is 1.44. The Hall–Kier alpha value is -2.02. The van der Waals surface area contributed by atoms with E-state index in [1.54, 1.807) is 14.1 Å². The van der Waals surface area contributed by atoms with E-state index in [9.17, 15) is 9.59 Å². The topological polar surface area (TPSA) is 86.9 Å². The number of aromatic nitrogens is 2. The predicted molar refractivity (Wildman–Crippen MR) is 83.1 cm³/mol. The minimum Gasteiger partial charge on any atom is -0.359 e. The highest BCUT2D eigenvalue weighted by Crippen LogP contribution is 2.22. The first-order chi connectivity index (χ1) is 10.1. The average Bonchev–Trinajstić information content (AvgIpc) is 2.93. The van der Waals surface area contributed by atoms with Crippen LogP contribution in [0.4, 0.5) is 0 Å². The second kappa shape index (κ2) is 7.12. The molecule has 0 radical (unpaired) electrons.